The Morgan fingerprint density at radius 2 is 2.11 bits per heavy atom. The van der Waals surface area contributed by atoms with Crippen molar-refractivity contribution >= 4 is 5.82 Å². The highest BCUT2D eigenvalue weighted by atomic mass is 15.3. The topological polar surface area (TPSA) is 45.4 Å². The Bertz CT molecular complexity index is 430. The third kappa shape index (κ3) is 3.25. The standard InChI is InChI=1S/C15H26N4/c1-11(2)14-7-13(9-16)8-15(17-14)19-6-5-18(4)12(3)10-19/h7-8,11-12H,5-6,9-10,16H2,1-4H3. The smallest absolute Gasteiger partial charge is 0.129 e. The minimum Gasteiger partial charge on any atom is -0.354 e. The van der Waals surface area contributed by atoms with E-state index >= 15 is 0 Å². The van der Waals surface area contributed by atoms with Crippen molar-refractivity contribution in [3.05, 3.63) is 23.4 Å². The summed E-state index contributed by atoms with van der Waals surface area (Å²) in [5.41, 5.74) is 8.14. The van der Waals surface area contributed by atoms with E-state index in [0.29, 0.717) is 18.5 Å². The molecule has 2 rings (SSSR count). The van der Waals surface area contributed by atoms with Crippen LogP contribution in [-0.4, -0.2) is 42.6 Å². The minimum atomic E-state index is 0.440. The summed E-state index contributed by atoms with van der Waals surface area (Å²) in [5, 5.41) is 0. The minimum absolute atomic E-state index is 0.440. The first kappa shape index (κ1) is 14.3. The van der Waals surface area contributed by atoms with Gasteiger partial charge in [-0.3, -0.25) is 0 Å². The number of anilines is 1. The normalized spacial score (nSPS) is 21.2. The van der Waals surface area contributed by atoms with Gasteiger partial charge in [-0.25, -0.2) is 4.98 Å². The lowest BCUT2D eigenvalue weighted by molar-refractivity contribution is 0.233. The average molecular weight is 262 g/mol. The van der Waals surface area contributed by atoms with E-state index in [9.17, 15) is 0 Å². The zero-order valence-corrected chi connectivity index (χ0v) is 12.6. The van der Waals surface area contributed by atoms with Gasteiger partial charge in [-0.1, -0.05) is 13.8 Å². The summed E-state index contributed by atoms with van der Waals surface area (Å²) in [5.74, 6) is 1.53. The number of likely N-dealkylation sites (N-methyl/N-ethyl adjacent to an activating group) is 1. The zero-order chi connectivity index (χ0) is 14.0. The van der Waals surface area contributed by atoms with Crippen molar-refractivity contribution in [3.8, 4) is 0 Å². The molecule has 0 aromatic carbocycles. The Labute approximate surface area is 116 Å². The molecule has 4 nitrogen and oxygen atoms in total. The fourth-order valence-corrected chi connectivity index (χ4v) is 2.43. The lowest BCUT2D eigenvalue weighted by Gasteiger charge is -2.38. The number of aromatic nitrogens is 1. The van der Waals surface area contributed by atoms with Crippen molar-refractivity contribution < 1.29 is 0 Å². The first-order valence-corrected chi connectivity index (χ1v) is 7.17. The van der Waals surface area contributed by atoms with E-state index in [4.69, 9.17) is 10.7 Å². The van der Waals surface area contributed by atoms with Gasteiger partial charge in [0.2, 0.25) is 0 Å². The molecule has 0 radical (unpaired) electrons. The van der Waals surface area contributed by atoms with E-state index < -0.39 is 0 Å². The third-order valence-electron chi connectivity index (χ3n) is 4.00. The number of nitrogens with zero attached hydrogens (tertiary/aromatic N) is 3. The molecule has 0 aliphatic carbocycles. The predicted molar refractivity (Wildman–Crippen MR) is 80.5 cm³/mol. The van der Waals surface area contributed by atoms with Crippen LogP contribution in [-0.2, 0) is 6.54 Å². The van der Waals surface area contributed by atoms with Gasteiger partial charge < -0.3 is 15.5 Å². The second kappa shape index (κ2) is 5.88. The van der Waals surface area contributed by atoms with Gasteiger partial charge in [-0.15, -0.1) is 0 Å². The largest absolute Gasteiger partial charge is 0.354 e. The van der Waals surface area contributed by atoms with Gasteiger partial charge in [0.15, 0.2) is 0 Å². The highest BCUT2D eigenvalue weighted by Crippen LogP contribution is 2.22. The van der Waals surface area contributed by atoms with Gasteiger partial charge in [0, 0.05) is 37.9 Å². The first-order chi connectivity index (χ1) is 9.01. The molecular weight excluding hydrogens is 236 g/mol. The average Bonchev–Trinajstić information content (AvgIpc) is 2.41. The van der Waals surface area contributed by atoms with Crippen molar-refractivity contribution in [3.63, 3.8) is 0 Å². The molecule has 1 atom stereocenters. The van der Waals surface area contributed by atoms with Crippen molar-refractivity contribution in [1.82, 2.24) is 9.88 Å². The monoisotopic (exact) mass is 262 g/mol. The Balaban J connectivity index is 2.26. The first-order valence-electron chi connectivity index (χ1n) is 7.17. The summed E-state index contributed by atoms with van der Waals surface area (Å²) in [4.78, 5) is 9.60. The summed E-state index contributed by atoms with van der Waals surface area (Å²) in [6, 6.07) is 4.84. The van der Waals surface area contributed by atoms with E-state index in [0.717, 1.165) is 31.1 Å². The molecule has 0 amide bonds. The second-order valence-corrected chi connectivity index (χ2v) is 5.89. The molecule has 1 fully saturated rings. The Morgan fingerprint density at radius 3 is 2.68 bits per heavy atom. The van der Waals surface area contributed by atoms with Crippen molar-refractivity contribution in [2.24, 2.45) is 5.73 Å². The highest BCUT2D eigenvalue weighted by Gasteiger charge is 2.22. The third-order valence-corrected chi connectivity index (χ3v) is 4.00. The van der Waals surface area contributed by atoms with Gasteiger partial charge in [0.25, 0.3) is 0 Å². The molecular formula is C15H26N4. The number of piperazine rings is 1. The molecule has 1 unspecified atom stereocenters. The maximum atomic E-state index is 5.81. The van der Waals surface area contributed by atoms with Crippen LogP contribution >= 0.6 is 0 Å². The summed E-state index contributed by atoms with van der Waals surface area (Å²) < 4.78 is 0. The zero-order valence-electron chi connectivity index (χ0n) is 12.6. The fraction of sp³-hybridized carbons (Fsp3) is 0.667. The quantitative estimate of drug-likeness (QED) is 0.902. The van der Waals surface area contributed by atoms with Gasteiger partial charge >= 0.3 is 0 Å². The molecule has 1 aliphatic rings. The molecule has 1 aromatic heterocycles. The predicted octanol–water partition coefficient (Wildman–Crippen LogP) is 1.80. The molecule has 4 heteroatoms. The lowest BCUT2D eigenvalue weighted by Crippen LogP contribution is -2.50. The molecule has 2 N–H and O–H groups in total. The SMILES string of the molecule is CC(C)c1cc(CN)cc(N2CCN(C)C(C)C2)n1. The summed E-state index contributed by atoms with van der Waals surface area (Å²) in [6.07, 6.45) is 0. The summed E-state index contributed by atoms with van der Waals surface area (Å²) in [6.45, 7) is 10.4. The molecule has 1 aromatic rings. The Kier molecular flexibility index (Phi) is 4.42. The van der Waals surface area contributed by atoms with Crippen LogP contribution in [0, 0.1) is 0 Å². The van der Waals surface area contributed by atoms with Crippen LogP contribution in [0.15, 0.2) is 12.1 Å². The fourth-order valence-electron chi connectivity index (χ4n) is 2.43. The van der Waals surface area contributed by atoms with Crippen molar-refractivity contribution in [2.45, 2.75) is 39.3 Å². The van der Waals surface area contributed by atoms with Gasteiger partial charge in [-0.05, 0) is 37.6 Å². The van der Waals surface area contributed by atoms with Crippen molar-refractivity contribution in [2.75, 3.05) is 31.6 Å². The number of nitrogens with two attached hydrogens (primary N) is 1. The summed E-state index contributed by atoms with van der Waals surface area (Å²) >= 11 is 0. The molecule has 1 aliphatic heterocycles. The molecule has 2 heterocycles. The van der Waals surface area contributed by atoms with E-state index in [-0.39, 0.29) is 0 Å². The maximum Gasteiger partial charge on any atom is 0.129 e. The second-order valence-electron chi connectivity index (χ2n) is 5.89. The number of hydrogen-bond donors (Lipinski definition) is 1. The van der Waals surface area contributed by atoms with Crippen LogP contribution in [0.2, 0.25) is 0 Å². The van der Waals surface area contributed by atoms with Crippen LogP contribution in [0.3, 0.4) is 0 Å². The molecule has 19 heavy (non-hydrogen) atoms. The Hall–Kier alpha value is -1.13. The molecule has 106 valence electrons. The van der Waals surface area contributed by atoms with Gasteiger partial charge in [0.1, 0.15) is 5.82 Å². The summed E-state index contributed by atoms with van der Waals surface area (Å²) in [7, 11) is 2.19. The number of hydrogen-bond acceptors (Lipinski definition) is 4. The van der Waals surface area contributed by atoms with Gasteiger partial charge in [-0.2, -0.15) is 0 Å². The van der Waals surface area contributed by atoms with Gasteiger partial charge in [0.05, 0.1) is 0 Å². The molecule has 0 saturated carbocycles. The van der Waals surface area contributed by atoms with Crippen LogP contribution < -0.4 is 10.6 Å². The van der Waals surface area contributed by atoms with E-state index in [1.54, 1.807) is 0 Å². The van der Waals surface area contributed by atoms with E-state index in [2.05, 4.69) is 49.8 Å². The van der Waals surface area contributed by atoms with E-state index in [1.807, 2.05) is 0 Å². The lowest BCUT2D eigenvalue weighted by atomic mass is 10.1. The molecule has 1 saturated heterocycles. The van der Waals surface area contributed by atoms with Crippen LogP contribution in [0.25, 0.3) is 0 Å². The molecule has 0 bridgehead atoms. The molecule has 0 spiro atoms. The highest BCUT2D eigenvalue weighted by molar-refractivity contribution is 5.44. The Morgan fingerprint density at radius 1 is 1.37 bits per heavy atom. The number of rotatable bonds is 3. The van der Waals surface area contributed by atoms with E-state index in [1.165, 1.54) is 5.56 Å². The maximum absolute atomic E-state index is 5.81. The van der Waals surface area contributed by atoms with Crippen molar-refractivity contribution in [1.29, 1.82) is 0 Å². The number of pyridine rings is 1. The van der Waals surface area contributed by atoms with Crippen LogP contribution in [0.1, 0.15) is 37.9 Å². The van der Waals surface area contributed by atoms with Crippen LogP contribution in [0.4, 0.5) is 5.82 Å². The van der Waals surface area contributed by atoms with Crippen LogP contribution in [0.5, 0.6) is 0 Å².